The van der Waals surface area contributed by atoms with Gasteiger partial charge in [-0.3, -0.25) is 4.79 Å². The van der Waals surface area contributed by atoms with Crippen LogP contribution in [-0.2, 0) is 0 Å². The number of rotatable bonds is 3. The molecule has 0 radical (unpaired) electrons. The SMILES string of the molecule is CNC(=O)c1ccc(N)cc1Nc1ccc(C#N)cc1F. The smallest absolute Gasteiger partial charge is 0.253 e. The highest BCUT2D eigenvalue weighted by molar-refractivity contribution is 6.00. The zero-order valence-electron chi connectivity index (χ0n) is 11.3. The van der Waals surface area contributed by atoms with Crippen LogP contribution in [0.1, 0.15) is 15.9 Å². The molecule has 0 aliphatic rings. The number of anilines is 3. The molecule has 0 aromatic heterocycles. The lowest BCUT2D eigenvalue weighted by Gasteiger charge is -2.13. The Kier molecular flexibility index (Phi) is 4.05. The highest BCUT2D eigenvalue weighted by atomic mass is 19.1. The predicted molar refractivity (Wildman–Crippen MR) is 78.6 cm³/mol. The zero-order chi connectivity index (χ0) is 15.4. The van der Waals surface area contributed by atoms with Crippen molar-refractivity contribution in [3.8, 4) is 6.07 Å². The van der Waals surface area contributed by atoms with Crippen molar-refractivity contribution in [1.29, 1.82) is 5.26 Å². The first-order valence-corrected chi connectivity index (χ1v) is 6.13. The number of benzene rings is 2. The van der Waals surface area contributed by atoms with Crippen molar-refractivity contribution in [2.45, 2.75) is 0 Å². The van der Waals surface area contributed by atoms with Crippen LogP contribution in [0.2, 0.25) is 0 Å². The van der Waals surface area contributed by atoms with Crippen molar-refractivity contribution in [3.63, 3.8) is 0 Å². The third-order valence-corrected chi connectivity index (χ3v) is 2.88. The molecule has 2 rings (SSSR count). The highest BCUT2D eigenvalue weighted by Crippen LogP contribution is 2.25. The molecule has 2 aromatic rings. The Bertz CT molecular complexity index is 737. The standard InChI is InChI=1S/C15H13FN4O/c1-19-15(21)11-4-3-10(18)7-14(11)20-13-5-2-9(8-17)6-12(13)16/h2-7,20H,18H2,1H3,(H,19,21). The van der Waals surface area contributed by atoms with Crippen molar-refractivity contribution in [3.05, 3.63) is 53.3 Å². The van der Waals surface area contributed by atoms with Gasteiger partial charge in [0.1, 0.15) is 5.82 Å². The van der Waals surface area contributed by atoms with E-state index in [0.29, 0.717) is 16.9 Å². The summed E-state index contributed by atoms with van der Waals surface area (Å²) in [6.45, 7) is 0. The fourth-order valence-corrected chi connectivity index (χ4v) is 1.83. The van der Waals surface area contributed by atoms with Crippen molar-refractivity contribution >= 4 is 23.0 Å². The molecule has 0 bridgehead atoms. The molecule has 0 aliphatic heterocycles. The van der Waals surface area contributed by atoms with Crippen LogP contribution in [0.25, 0.3) is 0 Å². The molecule has 0 heterocycles. The molecule has 0 unspecified atom stereocenters. The Morgan fingerprint density at radius 1 is 1.24 bits per heavy atom. The van der Waals surface area contributed by atoms with E-state index in [-0.39, 0.29) is 17.2 Å². The van der Waals surface area contributed by atoms with Gasteiger partial charge in [0.15, 0.2) is 0 Å². The van der Waals surface area contributed by atoms with Crippen LogP contribution in [0.3, 0.4) is 0 Å². The van der Waals surface area contributed by atoms with Crippen LogP contribution >= 0.6 is 0 Å². The van der Waals surface area contributed by atoms with Crippen LogP contribution in [0.5, 0.6) is 0 Å². The van der Waals surface area contributed by atoms with Gasteiger partial charge in [0.05, 0.1) is 28.6 Å². The van der Waals surface area contributed by atoms with E-state index in [9.17, 15) is 9.18 Å². The number of nitrogens with zero attached hydrogens (tertiary/aromatic N) is 1. The minimum atomic E-state index is -0.584. The van der Waals surface area contributed by atoms with Crippen molar-refractivity contribution in [1.82, 2.24) is 5.32 Å². The molecule has 1 amide bonds. The van der Waals surface area contributed by atoms with E-state index in [1.54, 1.807) is 18.2 Å². The molecular formula is C15H13FN4O. The lowest BCUT2D eigenvalue weighted by atomic mass is 10.1. The number of carbonyl (C=O) groups excluding carboxylic acids is 1. The van der Waals surface area contributed by atoms with Crippen molar-refractivity contribution < 1.29 is 9.18 Å². The van der Waals surface area contributed by atoms with Crippen molar-refractivity contribution in [2.75, 3.05) is 18.1 Å². The van der Waals surface area contributed by atoms with E-state index in [4.69, 9.17) is 11.0 Å². The first kappa shape index (κ1) is 14.3. The van der Waals surface area contributed by atoms with Gasteiger partial charge in [0.2, 0.25) is 0 Å². The van der Waals surface area contributed by atoms with Gasteiger partial charge < -0.3 is 16.4 Å². The van der Waals surface area contributed by atoms with Crippen LogP contribution in [0.4, 0.5) is 21.5 Å². The maximum Gasteiger partial charge on any atom is 0.253 e. The van der Waals surface area contributed by atoms with Crippen LogP contribution < -0.4 is 16.4 Å². The lowest BCUT2D eigenvalue weighted by molar-refractivity contribution is 0.0964. The number of hydrogen-bond donors (Lipinski definition) is 3. The van der Waals surface area contributed by atoms with Gasteiger partial charge in [0.25, 0.3) is 5.91 Å². The summed E-state index contributed by atoms with van der Waals surface area (Å²) in [7, 11) is 1.50. The Hall–Kier alpha value is -3.07. The summed E-state index contributed by atoms with van der Waals surface area (Å²) in [5.74, 6) is -0.897. The number of amides is 1. The predicted octanol–water partition coefficient (Wildman–Crippen LogP) is 2.38. The average Bonchev–Trinajstić information content (AvgIpc) is 2.48. The van der Waals surface area contributed by atoms with Gasteiger partial charge in [-0.1, -0.05) is 0 Å². The summed E-state index contributed by atoms with van der Waals surface area (Å²) in [4.78, 5) is 11.8. The number of halogens is 1. The average molecular weight is 284 g/mol. The molecule has 6 heteroatoms. The molecule has 5 nitrogen and oxygen atoms in total. The second kappa shape index (κ2) is 5.92. The Balaban J connectivity index is 2.42. The first-order valence-electron chi connectivity index (χ1n) is 6.13. The third-order valence-electron chi connectivity index (χ3n) is 2.88. The number of nitrogen functional groups attached to an aromatic ring is 1. The van der Waals surface area contributed by atoms with E-state index in [1.807, 2.05) is 6.07 Å². The molecule has 0 atom stereocenters. The fourth-order valence-electron chi connectivity index (χ4n) is 1.83. The zero-order valence-corrected chi connectivity index (χ0v) is 11.3. The first-order chi connectivity index (χ1) is 10.0. The summed E-state index contributed by atoms with van der Waals surface area (Å²) in [6.07, 6.45) is 0. The van der Waals surface area contributed by atoms with Crippen LogP contribution in [0, 0.1) is 17.1 Å². The van der Waals surface area contributed by atoms with Crippen LogP contribution in [-0.4, -0.2) is 13.0 Å². The van der Waals surface area contributed by atoms with Gasteiger partial charge in [-0.15, -0.1) is 0 Å². The molecule has 21 heavy (non-hydrogen) atoms. The highest BCUT2D eigenvalue weighted by Gasteiger charge is 2.12. The van der Waals surface area contributed by atoms with Gasteiger partial charge in [-0.2, -0.15) is 5.26 Å². The van der Waals surface area contributed by atoms with Gasteiger partial charge in [-0.05, 0) is 36.4 Å². The number of carbonyl (C=O) groups is 1. The molecule has 2 aromatic carbocycles. The monoisotopic (exact) mass is 284 g/mol. The molecule has 0 spiro atoms. The van der Waals surface area contributed by atoms with E-state index < -0.39 is 5.82 Å². The third kappa shape index (κ3) is 3.09. The second-order valence-corrected chi connectivity index (χ2v) is 4.32. The number of nitriles is 1. The Labute approximate surface area is 121 Å². The molecule has 0 saturated heterocycles. The van der Waals surface area contributed by atoms with Crippen LogP contribution in [0.15, 0.2) is 36.4 Å². The molecule has 0 saturated carbocycles. The summed E-state index contributed by atoms with van der Waals surface area (Å²) in [5.41, 5.74) is 7.25. The second-order valence-electron chi connectivity index (χ2n) is 4.32. The van der Waals surface area contributed by atoms with Crippen molar-refractivity contribution in [2.24, 2.45) is 0 Å². The summed E-state index contributed by atoms with van der Waals surface area (Å²) in [5, 5.41) is 14.0. The Morgan fingerprint density at radius 2 is 2.00 bits per heavy atom. The topological polar surface area (TPSA) is 90.9 Å². The maximum atomic E-state index is 13.9. The van der Waals surface area contributed by atoms with Gasteiger partial charge in [0, 0.05) is 12.7 Å². The molecule has 4 N–H and O–H groups in total. The van der Waals surface area contributed by atoms with Gasteiger partial charge >= 0.3 is 0 Å². The lowest BCUT2D eigenvalue weighted by Crippen LogP contribution is -2.19. The molecule has 0 aliphatic carbocycles. The molecular weight excluding hydrogens is 271 g/mol. The number of nitrogens with two attached hydrogens (primary N) is 1. The minimum absolute atomic E-state index is 0.157. The summed E-state index contributed by atoms with van der Waals surface area (Å²) >= 11 is 0. The van der Waals surface area contributed by atoms with E-state index in [2.05, 4.69) is 10.6 Å². The van der Waals surface area contributed by atoms with E-state index in [0.717, 1.165) is 6.07 Å². The van der Waals surface area contributed by atoms with Gasteiger partial charge in [-0.25, -0.2) is 4.39 Å². The minimum Gasteiger partial charge on any atom is -0.399 e. The summed E-state index contributed by atoms with van der Waals surface area (Å²) < 4.78 is 13.9. The number of nitrogens with one attached hydrogen (secondary N) is 2. The molecule has 0 fully saturated rings. The largest absolute Gasteiger partial charge is 0.399 e. The maximum absolute atomic E-state index is 13.9. The molecule has 106 valence electrons. The Morgan fingerprint density at radius 3 is 2.62 bits per heavy atom. The quantitative estimate of drug-likeness (QED) is 0.755. The summed E-state index contributed by atoms with van der Waals surface area (Å²) in [6, 6.07) is 10.6. The fraction of sp³-hybridized carbons (Fsp3) is 0.0667. The van der Waals surface area contributed by atoms with E-state index in [1.165, 1.54) is 19.2 Å². The van der Waals surface area contributed by atoms with E-state index >= 15 is 0 Å². The normalized spacial score (nSPS) is 9.76. The number of hydrogen-bond acceptors (Lipinski definition) is 4.